The third-order valence-corrected chi connectivity index (χ3v) is 2.56. The van der Waals surface area contributed by atoms with E-state index in [4.69, 9.17) is 5.73 Å². The lowest BCUT2D eigenvalue weighted by molar-refractivity contribution is -0.136. The third kappa shape index (κ3) is 5.41. The van der Waals surface area contributed by atoms with Gasteiger partial charge < -0.3 is 5.73 Å². The fourth-order valence-corrected chi connectivity index (χ4v) is 1.72. The Hall–Kier alpha value is -0.740. The highest BCUT2D eigenvalue weighted by atomic mass is 35.5. The molecule has 17 heavy (non-hydrogen) atoms. The first kappa shape index (κ1) is 16.3. The smallest absolute Gasteiger partial charge is 0.324 e. The predicted molar refractivity (Wildman–Crippen MR) is 65.4 cm³/mol. The van der Waals surface area contributed by atoms with E-state index in [1.807, 2.05) is 32.0 Å². The van der Waals surface area contributed by atoms with Crippen molar-refractivity contribution in [3.8, 4) is 0 Å². The number of aryl methyl sites for hydroxylation is 2. The van der Waals surface area contributed by atoms with E-state index in [9.17, 15) is 13.2 Å². The molecule has 5 heteroatoms. The molecule has 0 aliphatic rings. The molecule has 0 fully saturated rings. The van der Waals surface area contributed by atoms with Gasteiger partial charge in [0.25, 0.3) is 0 Å². The Labute approximate surface area is 106 Å². The van der Waals surface area contributed by atoms with Gasteiger partial charge in [0.15, 0.2) is 0 Å². The average Bonchev–Trinajstić information content (AvgIpc) is 2.13. The van der Waals surface area contributed by atoms with Gasteiger partial charge in [0.2, 0.25) is 0 Å². The molecule has 0 heterocycles. The van der Waals surface area contributed by atoms with E-state index < -0.39 is 18.6 Å². The number of benzene rings is 1. The summed E-state index contributed by atoms with van der Waals surface area (Å²) in [5, 5.41) is 0. The zero-order chi connectivity index (χ0) is 12.3. The van der Waals surface area contributed by atoms with Crippen LogP contribution < -0.4 is 5.73 Å². The maximum atomic E-state index is 12.0. The quantitative estimate of drug-likeness (QED) is 0.878. The molecule has 1 atom stereocenters. The Morgan fingerprint density at radius 3 is 2.29 bits per heavy atom. The molecule has 0 radical (unpaired) electrons. The molecule has 1 nitrogen and oxygen atoms in total. The summed E-state index contributed by atoms with van der Waals surface area (Å²) in [5.74, 6) is 0. The lowest BCUT2D eigenvalue weighted by atomic mass is 9.97. The second-order valence-electron chi connectivity index (χ2n) is 4.12. The number of nitrogens with two attached hydrogens (primary N) is 1. The van der Waals surface area contributed by atoms with Gasteiger partial charge in [-0.05, 0) is 31.4 Å². The van der Waals surface area contributed by atoms with Crippen LogP contribution in [0.1, 0.15) is 35.6 Å². The predicted octanol–water partition coefficient (Wildman–Crippen LogP) is 4.07. The lowest BCUT2D eigenvalue weighted by Gasteiger charge is -2.16. The van der Waals surface area contributed by atoms with Crippen LogP contribution in [0.5, 0.6) is 0 Å². The maximum absolute atomic E-state index is 12.0. The van der Waals surface area contributed by atoms with Crippen LogP contribution in [0.4, 0.5) is 13.2 Å². The minimum Gasteiger partial charge on any atom is -0.324 e. The van der Waals surface area contributed by atoms with Crippen LogP contribution in [0, 0.1) is 13.8 Å². The lowest BCUT2D eigenvalue weighted by Crippen LogP contribution is -2.16. The summed E-state index contributed by atoms with van der Waals surface area (Å²) in [6, 6.07) is 5.08. The van der Waals surface area contributed by atoms with Crippen molar-refractivity contribution < 1.29 is 13.2 Å². The number of hydrogen-bond acceptors (Lipinski definition) is 1. The highest BCUT2D eigenvalue weighted by molar-refractivity contribution is 5.85. The van der Waals surface area contributed by atoms with Gasteiger partial charge in [-0.15, -0.1) is 12.4 Å². The highest BCUT2D eigenvalue weighted by Crippen LogP contribution is 2.27. The van der Waals surface area contributed by atoms with Crippen LogP contribution in [0.25, 0.3) is 0 Å². The third-order valence-electron chi connectivity index (χ3n) is 2.56. The fourth-order valence-electron chi connectivity index (χ4n) is 1.72. The van der Waals surface area contributed by atoms with Crippen molar-refractivity contribution in [3.63, 3.8) is 0 Å². The monoisotopic (exact) mass is 267 g/mol. The molecule has 1 aromatic rings. The largest absolute Gasteiger partial charge is 0.389 e. The van der Waals surface area contributed by atoms with Gasteiger partial charge >= 0.3 is 6.18 Å². The van der Waals surface area contributed by atoms with Crippen LogP contribution in [-0.4, -0.2) is 6.18 Å². The average molecular weight is 268 g/mol. The van der Waals surface area contributed by atoms with Gasteiger partial charge in [0.05, 0.1) is 0 Å². The van der Waals surface area contributed by atoms with Crippen LogP contribution in [-0.2, 0) is 0 Å². The summed E-state index contributed by atoms with van der Waals surface area (Å²) < 4.78 is 36.1. The van der Waals surface area contributed by atoms with Gasteiger partial charge in [0, 0.05) is 12.5 Å². The summed E-state index contributed by atoms with van der Waals surface area (Å²) in [7, 11) is 0. The zero-order valence-electron chi connectivity index (χ0n) is 9.84. The Morgan fingerprint density at radius 1 is 1.24 bits per heavy atom. The van der Waals surface area contributed by atoms with E-state index in [2.05, 4.69) is 0 Å². The Bertz CT molecular complexity index is 363. The van der Waals surface area contributed by atoms with Crippen molar-refractivity contribution in [2.24, 2.45) is 5.73 Å². The number of rotatable bonds is 3. The van der Waals surface area contributed by atoms with Crippen LogP contribution in [0.2, 0.25) is 0 Å². The highest BCUT2D eigenvalue weighted by Gasteiger charge is 2.28. The molecule has 0 aromatic heterocycles. The molecule has 0 aliphatic heterocycles. The first-order valence-corrected chi connectivity index (χ1v) is 5.19. The number of hydrogen-bond donors (Lipinski definition) is 1. The molecule has 0 aliphatic carbocycles. The molecule has 0 saturated carbocycles. The molecular weight excluding hydrogens is 251 g/mol. The molecule has 2 N–H and O–H groups in total. The fraction of sp³-hybridized carbons (Fsp3) is 0.500. The second kappa shape index (κ2) is 6.26. The van der Waals surface area contributed by atoms with Crippen LogP contribution >= 0.6 is 12.4 Å². The molecule has 98 valence electrons. The van der Waals surface area contributed by atoms with Crippen LogP contribution in [0.15, 0.2) is 18.2 Å². The Balaban J connectivity index is 0.00000256. The first-order chi connectivity index (χ1) is 7.29. The number of halogens is 4. The molecule has 1 rings (SSSR count). The summed E-state index contributed by atoms with van der Waals surface area (Å²) in [6.45, 7) is 3.81. The Morgan fingerprint density at radius 2 is 1.82 bits per heavy atom. The molecule has 1 aromatic carbocycles. The summed E-state index contributed by atoms with van der Waals surface area (Å²) in [4.78, 5) is 0. The SMILES string of the molecule is Cc1ccc([C@H](N)CCC(F)(F)F)c(C)c1.Cl. The van der Waals surface area contributed by atoms with E-state index in [-0.39, 0.29) is 18.8 Å². The minimum absolute atomic E-state index is 0. The van der Waals surface area contributed by atoms with Crippen molar-refractivity contribution in [2.45, 2.75) is 38.9 Å². The zero-order valence-corrected chi connectivity index (χ0v) is 10.7. The molecule has 0 saturated heterocycles. The van der Waals surface area contributed by atoms with Crippen molar-refractivity contribution >= 4 is 12.4 Å². The molecule has 0 amide bonds. The minimum atomic E-state index is -4.13. The van der Waals surface area contributed by atoms with Gasteiger partial charge in [0.1, 0.15) is 0 Å². The Kier molecular flexibility index (Phi) is 5.99. The number of alkyl halides is 3. The first-order valence-electron chi connectivity index (χ1n) is 5.19. The summed E-state index contributed by atoms with van der Waals surface area (Å²) in [6.07, 6.45) is -5.02. The molecule has 0 unspecified atom stereocenters. The molecule has 0 spiro atoms. The summed E-state index contributed by atoms with van der Waals surface area (Å²) >= 11 is 0. The van der Waals surface area contributed by atoms with Gasteiger partial charge in [-0.1, -0.05) is 23.8 Å². The summed E-state index contributed by atoms with van der Waals surface area (Å²) in [5.41, 5.74) is 8.59. The maximum Gasteiger partial charge on any atom is 0.389 e. The van der Waals surface area contributed by atoms with E-state index in [1.54, 1.807) is 0 Å². The van der Waals surface area contributed by atoms with E-state index in [0.29, 0.717) is 0 Å². The molecular formula is C12H17ClF3N. The van der Waals surface area contributed by atoms with E-state index in [0.717, 1.165) is 16.7 Å². The van der Waals surface area contributed by atoms with E-state index in [1.165, 1.54) is 0 Å². The van der Waals surface area contributed by atoms with Gasteiger partial charge in [-0.3, -0.25) is 0 Å². The topological polar surface area (TPSA) is 26.0 Å². The van der Waals surface area contributed by atoms with E-state index >= 15 is 0 Å². The van der Waals surface area contributed by atoms with Crippen LogP contribution in [0.3, 0.4) is 0 Å². The van der Waals surface area contributed by atoms with Crippen molar-refractivity contribution in [1.29, 1.82) is 0 Å². The standard InChI is InChI=1S/C12H16F3N.ClH/c1-8-3-4-10(9(2)7-8)11(16)5-6-12(13,14)15;/h3-4,7,11H,5-6,16H2,1-2H3;1H/t11-;/m1./s1. The van der Waals surface area contributed by atoms with Crippen molar-refractivity contribution in [3.05, 3.63) is 34.9 Å². The van der Waals surface area contributed by atoms with Gasteiger partial charge in [-0.25, -0.2) is 0 Å². The van der Waals surface area contributed by atoms with Crippen molar-refractivity contribution in [1.82, 2.24) is 0 Å². The normalized spacial score (nSPS) is 13.1. The molecule has 0 bridgehead atoms. The van der Waals surface area contributed by atoms with Gasteiger partial charge in [-0.2, -0.15) is 13.2 Å². The van der Waals surface area contributed by atoms with Crippen molar-refractivity contribution in [2.75, 3.05) is 0 Å². The second-order valence-corrected chi connectivity index (χ2v) is 4.12.